The van der Waals surface area contributed by atoms with E-state index in [2.05, 4.69) is 35.1 Å². The van der Waals surface area contributed by atoms with E-state index in [-0.39, 0.29) is 5.91 Å². The largest absolute Gasteiger partial charge is 0.457 e. The summed E-state index contributed by atoms with van der Waals surface area (Å²) in [7, 11) is 0. The third-order valence-electron chi connectivity index (χ3n) is 3.17. The number of carbonyl (C=O) groups is 1. The minimum Gasteiger partial charge on any atom is -0.457 e. The van der Waals surface area contributed by atoms with Gasteiger partial charge in [0.15, 0.2) is 4.67 Å². The van der Waals surface area contributed by atoms with Crippen molar-refractivity contribution in [3.05, 3.63) is 22.6 Å². The Bertz CT molecular complexity index is 397. The fourth-order valence-corrected chi connectivity index (χ4v) is 2.70. The highest BCUT2D eigenvalue weighted by molar-refractivity contribution is 9.10. The van der Waals surface area contributed by atoms with Crippen LogP contribution in [0.4, 0.5) is 0 Å². The van der Waals surface area contributed by atoms with Gasteiger partial charge in [-0.15, -0.1) is 0 Å². The van der Waals surface area contributed by atoms with Crippen molar-refractivity contribution in [2.75, 3.05) is 0 Å². The van der Waals surface area contributed by atoms with Gasteiger partial charge in [-0.25, -0.2) is 0 Å². The predicted molar refractivity (Wildman–Crippen MR) is 65.3 cm³/mol. The molecule has 0 aliphatic heterocycles. The molecule has 1 fully saturated rings. The van der Waals surface area contributed by atoms with Crippen molar-refractivity contribution in [1.82, 2.24) is 5.32 Å². The summed E-state index contributed by atoms with van der Waals surface area (Å²) in [6.45, 7) is 4.49. The first-order valence-electron chi connectivity index (χ1n) is 5.52. The maximum absolute atomic E-state index is 11.9. The Labute approximate surface area is 104 Å². The van der Waals surface area contributed by atoms with E-state index in [0.717, 1.165) is 12.8 Å². The van der Waals surface area contributed by atoms with Gasteiger partial charge in [-0.1, -0.05) is 13.8 Å². The minimum absolute atomic E-state index is 0.0525. The summed E-state index contributed by atoms with van der Waals surface area (Å²) in [5, 5.41) is 3.05. The molecule has 1 atom stereocenters. The Kier molecular flexibility index (Phi) is 3.10. The van der Waals surface area contributed by atoms with Crippen molar-refractivity contribution < 1.29 is 9.21 Å². The maximum Gasteiger partial charge on any atom is 0.255 e. The first kappa shape index (κ1) is 11.7. The highest BCUT2D eigenvalue weighted by Gasteiger charge is 2.32. The van der Waals surface area contributed by atoms with Gasteiger partial charge < -0.3 is 9.73 Å². The summed E-state index contributed by atoms with van der Waals surface area (Å²) < 4.78 is 5.55. The molecule has 1 amide bonds. The van der Waals surface area contributed by atoms with E-state index in [1.807, 2.05) is 0 Å². The molecule has 1 saturated carbocycles. The Morgan fingerprint density at radius 1 is 1.62 bits per heavy atom. The van der Waals surface area contributed by atoms with Crippen molar-refractivity contribution in [2.45, 2.75) is 39.2 Å². The third-order valence-corrected chi connectivity index (χ3v) is 3.78. The van der Waals surface area contributed by atoms with E-state index in [1.54, 1.807) is 6.07 Å². The van der Waals surface area contributed by atoms with Gasteiger partial charge in [0.1, 0.15) is 0 Å². The van der Waals surface area contributed by atoms with Crippen molar-refractivity contribution >= 4 is 21.8 Å². The number of nitrogens with one attached hydrogen (secondary N) is 1. The predicted octanol–water partition coefficient (Wildman–Crippen LogP) is 3.35. The lowest BCUT2D eigenvalue weighted by Gasteiger charge is -2.17. The number of rotatable bonds is 2. The monoisotopic (exact) mass is 285 g/mol. The molecule has 16 heavy (non-hydrogen) atoms. The van der Waals surface area contributed by atoms with Crippen molar-refractivity contribution in [1.29, 1.82) is 0 Å². The van der Waals surface area contributed by atoms with Crippen LogP contribution in [0, 0.1) is 5.41 Å². The molecule has 1 aromatic rings. The van der Waals surface area contributed by atoms with E-state index < -0.39 is 0 Å². The molecule has 1 heterocycles. The average molecular weight is 286 g/mol. The number of carbonyl (C=O) groups excluding carboxylic acids is 1. The number of hydrogen-bond acceptors (Lipinski definition) is 2. The molecular formula is C12H16BrNO2. The molecule has 1 aromatic heterocycles. The van der Waals surface area contributed by atoms with Crippen LogP contribution in [-0.4, -0.2) is 11.9 Å². The second-order valence-electron chi connectivity index (χ2n) is 5.19. The zero-order chi connectivity index (χ0) is 11.8. The molecule has 0 aromatic carbocycles. The fourth-order valence-electron chi connectivity index (χ4n) is 2.28. The molecule has 1 aliphatic carbocycles. The fraction of sp³-hybridized carbons (Fsp3) is 0.583. The van der Waals surface area contributed by atoms with Crippen LogP contribution < -0.4 is 5.32 Å². The van der Waals surface area contributed by atoms with E-state index >= 15 is 0 Å². The molecule has 0 spiro atoms. The summed E-state index contributed by atoms with van der Waals surface area (Å²) >= 11 is 3.21. The molecule has 3 nitrogen and oxygen atoms in total. The SMILES string of the molecule is CC1(C)CCC(NC(=O)c2ccoc2Br)C1. The first-order chi connectivity index (χ1) is 7.48. The zero-order valence-electron chi connectivity index (χ0n) is 9.55. The summed E-state index contributed by atoms with van der Waals surface area (Å²) in [4.78, 5) is 11.9. The standard InChI is InChI=1S/C12H16BrNO2/c1-12(2)5-3-8(7-12)14-11(15)9-4-6-16-10(9)13/h4,6,8H,3,5,7H2,1-2H3,(H,14,15). The van der Waals surface area contributed by atoms with Crippen LogP contribution in [-0.2, 0) is 0 Å². The molecule has 0 saturated heterocycles. The van der Waals surface area contributed by atoms with Gasteiger partial charge in [0.05, 0.1) is 11.8 Å². The lowest BCUT2D eigenvalue weighted by molar-refractivity contribution is 0.0934. The Balaban J connectivity index is 1.97. The second kappa shape index (κ2) is 4.24. The lowest BCUT2D eigenvalue weighted by atomic mass is 9.92. The zero-order valence-corrected chi connectivity index (χ0v) is 11.1. The van der Waals surface area contributed by atoms with Gasteiger partial charge in [0.2, 0.25) is 0 Å². The summed E-state index contributed by atoms with van der Waals surface area (Å²) in [6, 6.07) is 1.98. The number of furan rings is 1. The lowest BCUT2D eigenvalue weighted by Crippen LogP contribution is -2.33. The van der Waals surface area contributed by atoms with E-state index in [9.17, 15) is 4.79 Å². The molecule has 0 bridgehead atoms. The molecule has 1 N–H and O–H groups in total. The van der Waals surface area contributed by atoms with Gasteiger partial charge in [0, 0.05) is 6.04 Å². The summed E-state index contributed by atoms with van der Waals surface area (Å²) in [5.74, 6) is -0.0525. The molecule has 1 aliphatic rings. The highest BCUT2D eigenvalue weighted by Crippen LogP contribution is 2.37. The van der Waals surface area contributed by atoms with Crippen LogP contribution in [0.2, 0.25) is 0 Å². The van der Waals surface area contributed by atoms with E-state index in [0.29, 0.717) is 21.7 Å². The van der Waals surface area contributed by atoms with Gasteiger partial charge in [-0.2, -0.15) is 0 Å². The van der Waals surface area contributed by atoms with Crippen molar-refractivity contribution in [3.63, 3.8) is 0 Å². The van der Waals surface area contributed by atoms with Crippen LogP contribution in [0.1, 0.15) is 43.5 Å². The molecular weight excluding hydrogens is 270 g/mol. The first-order valence-corrected chi connectivity index (χ1v) is 6.31. The Hall–Kier alpha value is -0.770. The van der Waals surface area contributed by atoms with E-state index in [1.165, 1.54) is 12.7 Å². The Morgan fingerprint density at radius 3 is 2.88 bits per heavy atom. The minimum atomic E-state index is -0.0525. The third kappa shape index (κ3) is 2.48. The van der Waals surface area contributed by atoms with Gasteiger partial charge in [-0.3, -0.25) is 4.79 Å². The van der Waals surface area contributed by atoms with Gasteiger partial charge in [0.25, 0.3) is 5.91 Å². The van der Waals surface area contributed by atoms with Crippen molar-refractivity contribution in [2.24, 2.45) is 5.41 Å². The Morgan fingerprint density at radius 2 is 2.38 bits per heavy atom. The maximum atomic E-state index is 11.9. The van der Waals surface area contributed by atoms with Crippen molar-refractivity contribution in [3.8, 4) is 0 Å². The van der Waals surface area contributed by atoms with E-state index in [4.69, 9.17) is 4.42 Å². The average Bonchev–Trinajstić information content (AvgIpc) is 2.72. The molecule has 0 radical (unpaired) electrons. The van der Waals surface area contributed by atoms with Crippen LogP contribution in [0.25, 0.3) is 0 Å². The summed E-state index contributed by atoms with van der Waals surface area (Å²) in [6.07, 6.45) is 4.80. The van der Waals surface area contributed by atoms with Crippen LogP contribution in [0.15, 0.2) is 21.4 Å². The number of halogens is 1. The second-order valence-corrected chi connectivity index (χ2v) is 5.91. The van der Waals surface area contributed by atoms with Gasteiger partial charge in [-0.05, 0) is 46.7 Å². The molecule has 2 rings (SSSR count). The quantitative estimate of drug-likeness (QED) is 0.906. The molecule has 4 heteroatoms. The normalized spacial score (nSPS) is 23.3. The number of hydrogen-bond donors (Lipinski definition) is 1. The van der Waals surface area contributed by atoms with Crippen LogP contribution >= 0.6 is 15.9 Å². The molecule has 1 unspecified atom stereocenters. The van der Waals surface area contributed by atoms with Crippen LogP contribution in [0.3, 0.4) is 0 Å². The number of amides is 1. The van der Waals surface area contributed by atoms with Crippen LogP contribution in [0.5, 0.6) is 0 Å². The topological polar surface area (TPSA) is 42.2 Å². The summed E-state index contributed by atoms with van der Waals surface area (Å²) in [5.41, 5.74) is 0.927. The smallest absolute Gasteiger partial charge is 0.255 e. The molecule has 88 valence electrons. The van der Waals surface area contributed by atoms with Gasteiger partial charge >= 0.3 is 0 Å². The highest BCUT2D eigenvalue weighted by atomic mass is 79.9.